The normalized spacial score (nSPS) is 18.3. The van der Waals surface area contributed by atoms with Crippen molar-refractivity contribution < 1.29 is 14.3 Å². The third kappa shape index (κ3) is 4.92. The highest BCUT2D eigenvalue weighted by Gasteiger charge is 2.35. The van der Waals surface area contributed by atoms with Gasteiger partial charge in [0, 0.05) is 48.4 Å². The van der Waals surface area contributed by atoms with Crippen LogP contribution in [-0.2, 0) is 22.6 Å². The van der Waals surface area contributed by atoms with Crippen molar-refractivity contribution in [1.82, 2.24) is 20.2 Å². The van der Waals surface area contributed by atoms with Crippen molar-refractivity contribution in [2.75, 3.05) is 20.2 Å². The Hall–Kier alpha value is -2.96. The van der Waals surface area contributed by atoms with Gasteiger partial charge >= 0.3 is 0 Å². The molecule has 1 aliphatic heterocycles. The maximum atomic E-state index is 12.6. The van der Waals surface area contributed by atoms with Gasteiger partial charge in [0.15, 0.2) is 0 Å². The highest BCUT2D eigenvalue weighted by Crippen LogP contribution is 2.32. The van der Waals surface area contributed by atoms with Crippen molar-refractivity contribution in [2.45, 2.75) is 58.4 Å². The Balaban J connectivity index is 1.36. The Bertz CT molecular complexity index is 979. The first-order valence-electron chi connectivity index (χ1n) is 11.5. The van der Waals surface area contributed by atoms with Crippen LogP contribution in [0.5, 0.6) is 5.75 Å². The average Bonchev–Trinajstić information content (AvgIpc) is 3.24. The lowest BCUT2D eigenvalue weighted by Gasteiger charge is -2.29. The summed E-state index contributed by atoms with van der Waals surface area (Å²) in [5.74, 6) is 2.21. The van der Waals surface area contributed by atoms with Gasteiger partial charge in [-0.25, -0.2) is 9.97 Å². The largest absolute Gasteiger partial charge is 0.497 e. The van der Waals surface area contributed by atoms with Crippen LogP contribution in [0.15, 0.2) is 24.3 Å². The van der Waals surface area contributed by atoms with Crippen molar-refractivity contribution in [3.05, 3.63) is 52.6 Å². The minimum absolute atomic E-state index is 0.0616. The molecule has 2 amide bonds. The van der Waals surface area contributed by atoms with Crippen LogP contribution in [0, 0.1) is 19.8 Å². The Kier molecular flexibility index (Phi) is 6.72. The molecule has 1 aliphatic carbocycles. The first-order chi connectivity index (χ1) is 15.4. The number of nitrogens with one attached hydrogen (secondary N) is 1. The van der Waals surface area contributed by atoms with Crippen LogP contribution in [0.2, 0.25) is 0 Å². The zero-order chi connectivity index (χ0) is 22.7. The van der Waals surface area contributed by atoms with E-state index in [-0.39, 0.29) is 24.2 Å². The molecule has 2 heterocycles. The fourth-order valence-electron chi connectivity index (χ4n) is 4.49. The summed E-state index contributed by atoms with van der Waals surface area (Å²) in [4.78, 5) is 36.6. The van der Waals surface area contributed by atoms with Crippen LogP contribution in [0.4, 0.5) is 0 Å². The van der Waals surface area contributed by atoms with Crippen LogP contribution >= 0.6 is 0 Å². The van der Waals surface area contributed by atoms with E-state index in [9.17, 15) is 9.59 Å². The van der Waals surface area contributed by atoms with E-state index in [1.807, 2.05) is 43.0 Å². The summed E-state index contributed by atoms with van der Waals surface area (Å²) in [5.41, 5.74) is 3.54. The minimum atomic E-state index is -0.0616. The summed E-state index contributed by atoms with van der Waals surface area (Å²) in [5, 5.41) is 2.97. The molecule has 2 aromatic rings. The topological polar surface area (TPSA) is 84.4 Å². The quantitative estimate of drug-likeness (QED) is 0.721. The Labute approximate surface area is 189 Å². The monoisotopic (exact) mass is 436 g/mol. The molecule has 1 saturated carbocycles. The zero-order valence-electron chi connectivity index (χ0n) is 19.2. The van der Waals surface area contributed by atoms with Crippen molar-refractivity contribution in [3.8, 4) is 5.75 Å². The number of amides is 2. The lowest BCUT2D eigenvalue weighted by molar-refractivity contribution is -0.137. The van der Waals surface area contributed by atoms with E-state index in [0.29, 0.717) is 19.0 Å². The van der Waals surface area contributed by atoms with E-state index < -0.39 is 0 Å². The third-order valence-electron chi connectivity index (χ3n) is 6.72. The molecule has 2 fully saturated rings. The summed E-state index contributed by atoms with van der Waals surface area (Å²) >= 11 is 0. The number of carbonyl (C=O) groups excluding carboxylic acids is 2. The van der Waals surface area contributed by atoms with Crippen molar-refractivity contribution in [2.24, 2.45) is 5.92 Å². The summed E-state index contributed by atoms with van der Waals surface area (Å²) in [7, 11) is 1.63. The molecule has 4 rings (SSSR count). The fourth-order valence-corrected chi connectivity index (χ4v) is 4.49. The summed E-state index contributed by atoms with van der Waals surface area (Å²) in [6.07, 6.45) is 4.38. The van der Waals surface area contributed by atoms with E-state index in [2.05, 4.69) is 5.32 Å². The van der Waals surface area contributed by atoms with Gasteiger partial charge in [0.1, 0.15) is 11.6 Å². The first-order valence-corrected chi connectivity index (χ1v) is 11.5. The van der Waals surface area contributed by atoms with E-state index in [0.717, 1.165) is 59.9 Å². The molecule has 2 aliphatic rings. The van der Waals surface area contributed by atoms with E-state index >= 15 is 0 Å². The lowest BCUT2D eigenvalue weighted by Crippen LogP contribution is -2.37. The second-order valence-electron chi connectivity index (χ2n) is 8.93. The lowest BCUT2D eigenvalue weighted by atomic mass is 9.84. The maximum Gasteiger partial charge on any atom is 0.225 e. The van der Waals surface area contributed by atoms with Crippen LogP contribution in [0.25, 0.3) is 0 Å². The molecule has 170 valence electrons. The summed E-state index contributed by atoms with van der Waals surface area (Å²) < 4.78 is 5.23. The number of aromatic nitrogens is 2. The van der Waals surface area contributed by atoms with Gasteiger partial charge in [-0.1, -0.05) is 18.6 Å². The van der Waals surface area contributed by atoms with E-state index in [4.69, 9.17) is 14.7 Å². The van der Waals surface area contributed by atoms with Crippen LogP contribution in [0.3, 0.4) is 0 Å². The molecule has 7 heteroatoms. The number of benzene rings is 1. The Morgan fingerprint density at radius 1 is 1.16 bits per heavy atom. The summed E-state index contributed by atoms with van der Waals surface area (Å²) in [6.45, 7) is 5.81. The molecular formula is C25H32N4O3. The zero-order valence-corrected chi connectivity index (χ0v) is 19.2. The third-order valence-corrected chi connectivity index (χ3v) is 6.72. The number of carbonyl (C=O) groups is 2. The van der Waals surface area contributed by atoms with Crippen molar-refractivity contribution in [1.29, 1.82) is 0 Å². The number of nitrogens with zero attached hydrogens (tertiary/aromatic N) is 3. The number of hydrogen-bond donors (Lipinski definition) is 1. The van der Waals surface area contributed by atoms with Gasteiger partial charge in [-0.2, -0.15) is 0 Å². The number of aryl methyl sites for hydroxylation is 2. The van der Waals surface area contributed by atoms with E-state index in [1.54, 1.807) is 7.11 Å². The number of rotatable bonds is 7. The molecule has 1 aromatic heterocycles. The SMILES string of the molecule is COc1cccc(CNC(=O)Cc2c(C)nc([C@H]3CCN(C(=O)C4CCC4)C3)nc2C)c1. The molecule has 1 saturated heterocycles. The number of ether oxygens (including phenoxy) is 1. The van der Waals surface area contributed by atoms with Gasteiger partial charge in [0.05, 0.1) is 13.5 Å². The first kappa shape index (κ1) is 22.2. The average molecular weight is 437 g/mol. The molecule has 1 atom stereocenters. The van der Waals surface area contributed by atoms with Gasteiger partial charge in [0.2, 0.25) is 11.8 Å². The van der Waals surface area contributed by atoms with Crippen LogP contribution < -0.4 is 10.1 Å². The standard InChI is InChI=1S/C25H32N4O3/c1-16-22(13-23(30)26-14-18-6-4-9-21(12-18)32-3)17(2)28-24(27-16)20-10-11-29(15-20)25(31)19-7-5-8-19/h4,6,9,12,19-20H,5,7-8,10-11,13-15H2,1-3H3,(H,26,30)/t20-/m0/s1. The smallest absolute Gasteiger partial charge is 0.225 e. The van der Waals surface area contributed by atoms with Crippen LogP contribution in [-0.4, -0.2) is 46.9 Å². The highest BCUT2D eigenvalue weighted by molar-refractivity contribution is 5.80. The molecule has 1 aromatic carbocycles. The number of hydrogen-bond acceptors (Lipinski definition) is 5. The van der Waals surface area contributed by atoms with Crippen LogP contribution in [0.1, 0.15) is 59.9 Å². The van der Waals surface area contributed by atoms with Gasteiger partial charge in [0.25, 0.3) is 0 Å². The molecule has 32 heavy (non-hydrogen) atoms. The fraction of sp³-hybridized carbons (Fsp3) is 0.520. The molecule has 0 spiro atoms. The van der Waals surface area contributed by atoms with E-state index in [1.165, 1.54) is 6.42 Å². The van der Waals surface area contributed by atoms with Gasteiger partial charge < -0.3 is 15.0 Å². The summed E-state index contributed by atoms with van der Waals surface area (Å²) in [6, 6.07) is 7.65. The second-order valence-corrected chi connectivity index (χ2v) is 8.93. The van der Waals surface area contributed by atoms with Crippen molar-refractivity contribution in [3.63, 3.8) is 0 Å². The minimum Gasteiger partial charge on any atom is -0.497 e. The molecule has 7 nitrogen and oxygen atoms in total. The number of methoxy groups -OCH3 is 1. The predicted octanol–water partition coefficient (Wildman–Crippen LogP) is 3.08. The van der Waals surface area contributed by atoms with Gasteiger partial charge in [-0.3, -0.25) is 9.59 Å². The number of likely N-dealkylation sites (tertiary alicyclic amines) is 1. The molecule has 0 unspecified atom stereocenters. The Morgan fingerprint density at radius 3 is 2.56 bits per heavy atom. The molecule has 0 radical (unpaired) electrons. The Morgan fingerprint density at radius 2 is 1.91 bits per heavy atom. The molecule has 1 N–H and O–H groups in total. The maximum absolute atomic E-state index is 12.6. The second kappa shape index (κ2) is 9.67. The highest BCUT2D eigenvalue weighted by atomic mass is 16.5. The van der Waals surface area contributed by atoms with Crippen molar-refractivity contribution >= 4 is 11.8 Å². The van der Waals surface area contributed by atoms with Gasteiger partial charge in [-0.05, 0) is 50.8 Å². The molecular weight excluding hydrogens is 404 g/mol. The van der Waals surface area contributed by atoms with Gasteiger partial charge in [-0.15, -0.1) is 0 Å². The molecule has 0 bridgehead atoms. The predicted molar refractivity (Wildman–Crippen MR) is 121 cm³/mol.